The van der Waals surface area contributed by atoms with Crippen LogP contribution in [-0.2, 0) is 26.2 Å². The third-order valence-electron chi connectivity index (χ3n) is 0.586. The zero-order valence-electron chi connectivity index (χ0n) is 8.85. The molecular weight excluding hydrogens is 223 g/mol. The third kappa shape index (κ3) is 31.6. The summed E-state index contributed by atoms with van der Waals surface area (Å²) in [5, 5.41) is 0. The van der Waals surface area contributed by atoms with Crippen molar-refractivity contribution >= 4 is 0 Å². The Labute approximate surface area is 99.3 Å². The average Bonchev–Trinajstić information content (AvgIpc) is 2.17. The predicted molar refractivity (Wildman–Crippen MR) is 56.5 cm³/mol. The Morgan fingerprint density at radius 3 is 1.83 bits per heavy atom. The van der Waals surface area contributed by atoms with Gasteiger partial charge in [0.2, 0.25) is 0 Å². The maximum Gasteiger partial charge on any atom is 0 e. The van der Waals surface area contributed by atoms with Crippen molar-refractivity contribution in [3.8, 4) is 0 Å². The van der Waals surface area contributed by atoms with Crippen molar-refractivity contribution in [1.82, 2.24) is 0 Å². The molecule has 12 heavy (non-hydrogen) atoms. The molecule has 1 aliphatic rings. The molecule has 0 saturated carbocycles. The van der Waals surface area contributed by atoms with E-state index in [9.17, 15) is 0 Å². The molecule has 0 aromatic rings. The van der Waals surface area contributed by atoms with Crippen LogP contribution in [0.15, 0.2) is 18.2 Å². The maximum absolute atomic E-state index is 3.49. The van der Waals surface area contributed by atoms with Gasteiger partial charge in [-0.2, -0.15) is 12.5 Å². The largest absolute Gasteiger partial charge is 0.358 e. The Balaban J connectivity index is -0.0000000219. The summed E-state index contributed by atoms with van der Waals surface area (Å²) >= 11 is 0. The second-order valence-electron chi connectivity index (χ2n) is 1.50. The molecule has 1 rings (SSSR count). The van der Waals surface area contributed by atoms with Crippen LogP contribution in [0.25, 0.3) is 0 Å². The SMILES string of the molecule is [C-]1=CC=CC1.[CH2-]CC.[CH3-].[CH3-].[CH3-].[Zr]. The molecule has 0 atom stereocenters. The van der Waals surface area contributed by atoms with Crippen LogP contribution in [-0.4, -0.2) is 0 Å². The molecule has 0 aromatic heterocycles. The Morgan fingerprint density at radius 1 is 1.33 bits per heavy atom. The second kappa shape index (κ2) is 30.1. The molecule has 0 aromatic carbocycles. The minimum atomic E-state index is 0. The number of hydrogen-bond acceptors (Lipinski definition) is 0. The fourth-order valence-electron chi connectivity index (χ4n) is 0.340. The molecule has 1 heteroatoms. The first-order chi connectivity index (χ1) is 3.91. The van der Waals surface area contributed by atoms with E-state index in [0.717, 1.165) is 12.8 Å². The molecule has 0 heterocycles. The van der Waals surface area contributed by atoms with Crippen LogP contribution < -0.4 is 0 Å². The predicted octanol–water partition coefficient (Wildman–Crippen LogP) is 3.88. The molecule has 0 unspecified atom stereocenters. The van der Waals surface area contributed by atoms with Gasteiger partial charge in [0.15, 0.2) is 0 Å². The molecule has 0 bridgehead atoms. The standard InChI is InChI=1S/C5H5.C3H7.3CH3.Zr/c1-2-4-5-3-1;1-3-2;;;;/h1-3H,4H2;1,3H2,2H3;3*1H3;/q5*-1;. The molecule has 74 valence electrons. The van der Waals surface area contributed by atoms with Crippen LogP contribution in [0.4, 0.5) is 0 Å². The first kappa shape index (κ1) is 29.4. The molecule has 0 amide bonds. The van der Waals surface area contributed by atoms with Gasteiger partial charge in [-0.25, -0.2) is 12.2 Å². The summed E-state index contributed by atoms with van der Waals surface area (Å²) in [6.45, 7) is 5.50. The summed E-state index contributed by atoms with van der Waals surface area (Å²) in [6, 6.07) is 0. The zero-order valence-corrected chi connectivity index (χ0v) is 11.3. The first-order valence-corrected chi connectivity index (χ1v) is 2.92. The smallest absolute Gasteiger partial charge is 0 e. The summed E-state index contributed by atoms with van der Waals surface area (Å²) < 4.78 is 0. The van der Waals surface area contributed by atoms with Crippen molar-refractivity contribution in [3.05, 3.63) is 53.5 Å². The van der Waals surface area contributed by atoms with Crippen molar-refractivity contribution in [2.75, 3.05) is 0 Å². The summed E-state index contributed by atoms with van der Waals surface area (Å²) in [7, 11) is 0. The normalized spacial score (nSPS) is 8.83. The molecule has 0 saturated heterocycles. The van der Waals surface area contributed by atoms with Crippen molar-refractivity contribution < 1.29 is 26.2 Å². The monoisotopic (exact) mass is 243 g/mol. The Morgan fingerprint density at radius 2 is 1.75 bits per heavy atom. The van der Waals surface area contributed by atoms with Gasteiger partial charge in [0.25, 0.3) is 0 Å². The van der Waals surface area contributed by atoms with E-state index in [4.69, 9.17) is 0 Å². The van der Waals surface area contributed by atoms with E-state index in [1.54, 1.807) is 0 Å². The van der Waals surface area contributed by atoms with Gasteiger partial charge in [-0.3, -0.25) is 6.08 Å². The zero-order chi connectivity index (χ0) is 6.24. The molecular formula is C11H21Zr-5. The van der Waals surface area contributed by atoms with E-state index in [1.807, 2.05) is 19.1 Å². The fourth-order valence-corrected chi connectivity index (χ4v) is 0.340. The van der Waals surface area contributed by atoms with E-state index >= 15 is 0 Å². The minimum Gasteiger partial charge on any atom is -0.358 e. The summed E-state index contributed by atoms with van der Waals surface area (Å²) in [4.78, 5) is 0. The van der Waals surface area contributed by atoms with Crippen molar-refractivity contribution in [1.29, 1.82) is 0 Å². The van der Waals surface area contributed by atoms with Gasteiger partial charge in [-0.15, -0.1) is 6.42 Å². The molecule has 0 fully saturated rings. The van der Waals surface area contributed by atoms with Gasteiger partial charge in [0.1, 0.15) is 0 Å². The summed E-state index contributed by atoms with van der Waals surface area (Å²) in [5.41, 5.74) is 0. The third-order valence-corrected chi connectivity index (χ3v) is 0.586. The van der Waals surface area contributed by atoms with Gasteiger partial charge in [-0.05, 0) is 0 Å². The summed E-state index contributed by atoms with van der Waals surface area (Å²) in [5.74, 6) is 0. The maximum atomic E-state index is 3.49. The molecule has 0 nitrogen and oxygen atoms in total. The number of allylic oxidation sites excluding steroid dienone is 4. The molecule has 0 radical (unpaired) electrons. The van der Waals surface area contributed by atoms with Crippen LogP contribution in [0.3, 0.4) is 0 Å². The molecule has 0 N–H and O–H groups in total. The Bertz CT molecular complexity index is 73.0. The molecule has 0 aliphatic heterocycles. The van der Waals surface area contributed by atoms with E-state index in [2.05, 4.69) is 19.1 Å². The first-order valence-electron chi connectivity index (χ1n) is 2.92. The van der Waals surface area contributed by atoms with Crippen molar-refractivity contribution in [2.45, 2.75) is 19.8 Å². The van der Waals surface area contributed by atoms with E-state index < -0.39 is 0 Å². The van der Waals surface area contributed by atoms with Gasteiger partial charge in [0, 0.05) is 26.2 Å². The second-order valence-corrected chi connectivity index (χ2v) is 1.50. The van der Waals surface area contributed by atoms with Crippen LogP contribution in [0.5, 0.6) is 0 Å². The average molecular weight is 245 g/mol. The van der Waals surface area contributed by atoms with Crippen LogP contribution in [0.2, 0.25) is 0 Å². The molecule has 0 spiro atoms. The minimum absolute atomic E-state index is 0. The van der Waals surface area contributed by atoms with E-state index in [-0.39, 0.29) is 48.5 Å². The quantitative estimate of drug-likeness (QED) is 0.567. The van der Waals surface area contributed by atoms with Crippen LogP contribution >= 0.6 is 0 Å². The van der Waals surface area contributed by atoms with E-state index in [0.29, 0.717) is 0 Å². The van der Waals surface area contributed by atoms with Crippen molar-refractivity contribution in [3.63, 3.8) is 0 Å². The number of rotatable bonds is 0. The fraction of sp³-hybridized carbons (Fsp3) is 0.273. The van der Waals surface area contributed by atoms with Crippen LogP contribution in [0, 0.1) is 35.3 Å². The van der Waals surface area contributed by atoms with Gasteiger partial charge in [0.05, 0.1) is 0 Å². The number of hydrogen-bond donors (Lipinski definition) is 0. The topological polar surface area (TPSA) is 0 Å². The molecule has 1 aliphatic carbocycles. The summed E-state index contributed by atoms with van der Waals surface area (Å²) in [6.07, 6.45) is 11.0. The Kier molecular flexibility index (Phi) is 74.0. The van der Waals surface area contributed by atoms with E-state index in [1.165, 1.54) is 0 Å². The van der Waals surface area contributed by atoms with Gasteiger partial charge in [-0.1, -0.05) is 6.92 Å². The van der Waals surface area contributed by atoms with Crippen molar-refractivity contribution in [2.24, 2.45) is 0 Å². The van der Waals surface area contributed by atoms with Crippen LogP contribution in [0.1, 0.15) is 19.8 Å². The van der Waals surface area contributed by atoms with Gasteiger partial charge < -0.3 is 29.2 Å². The van der Waals surface area contributed by atoms with Gasteiger partial charge >= 0.3 is 0 Å². The Hall–Kier alpha value is 0.363.